The van der Waals surface area contributed by atoms with Crippen molar-refractivity contribution in [3.05, 3.63) is 212 Å². The molecule has 0 aromatic carbocycles. The molecule has 0 saturated carbocycles. The topological polar surface area (TPSA) is 0 Å². The summed E-state index contributed by atoms with van der Waals surface area (Å²) in [5.41, 5.74) is 65.4. The Morgan fingerprint density at radius 3 is 0.281 bits per heavy atom. The van der Waals surface area contributed by atoms with Crippen LogP contribution in [0, 0.1) is 149 Å². The maximum Gasteiger partial charge on any atom is 0.0217 e. The second-order valence-electron chi connectivity index (χ2n) is 50.0. The molecule has 24 rings (SSSR count). The lowest BCUT2D eigenvalue weighted by Gasteiger charge is -2.64. The smallest absolute Gasteiger partial charge is 0.0217 e. The molecule has 0 aromatic rings. The van der Waals surface area contributed by atoms with E-state index in [4.69, 9.17) is 0 Å². The Hall–Kier alpha value is -4.94. The zero-order chi connectivity index (χ0) is 92.9. The highest BCUT2D eigenvalue weighted by Gasteiger charge is 2.64. The molecule has 0 heterocycles. The van der Waals surface area contributed by atoms with Crippen molar-refractivity contribution < 1.29 is 0 Å². The molecule has 121 heavy (non-hydrogen) atoms. The molecule has 16 bridgehead atoms. The first kappa shape index (κ1) is 98.2. The summed E-state index contributed by atoms with van der Waals surface area (Å²) in [5, 5.41) is 0. The number of hydrogen-bond donors (Lipinski definition) is 0. The number of fused-ring (bicyclic) bond motifs is 5. The highest BCUT2D eigenvalue weighted by molar-refractivity contribution is 5.59. The molecule has 0 saturated heterocycles. The monoisotopic (exact) mass is 1640 g/mol. The van der Waals surface area contributed by atoms with Gasteiger partial charge in [0, 0.05) is 94.7 Å². The van der Waals surface area contributed by atoms with Gasteiger partial charge in [-0.3, -0.25) is 0 Å². The van der Waals surface area contributed by atoms with Crippen LogP contribution in [0.15, 0.2) is 212 Å². The van der Waals surface area contributed by atoms with E-state index >= 15 is 0 Å². The third-order valence-corrected chi connectivity index (χ3v) is 43.8. The average molecular weight is 1640 g/mol. The van der Waals surface area contributed by atoms with E-state index < -0.39 is 0 Å². The Kier molecular flexibility index (Phi) is 25.6. The second-order valence-corrected chi connectivity index (χ2v) is 50.0. The molecule has 0 aromatic heterocycles. The Morgan fingerprint density at radius 2 is 0.182 bits per heavy atom. The van der Waals surface area contributed by atoms with Crippen LogP contribution in [0.5, 0.6) is 0 Å². The summed E-state index contributed by atoms with van der Waals surface area (Å²) < 4.78 is 0. The molecule has 0 N–H and O–H groups in total. The number of rotatable bonds is 2. The van der Waals surface area contributed by atoms with Gasteiger partial charge in [0.25, 0.3) is 0 Å². The summed E-state index contributed by atoms with van der Waals surface area (Å²) >= 11 is 0. The summed E-state index contributed by atoms with van der Waals surface area (Å²) in [6.07, 6.45) is 1.19. The van der Waals surface area contributed by atoms with E-state index in [-0.39, 0.29) is 10.8 Å². The SMILES string of the molecule is CC1=C(C)C2C(C)=C(C)C1C(C)(C)C2(C)C.CC1=C(C)C2C(C)=C(C)C1C(C)(C)C2(C)C.CC1=C(C)C2C(C)=C(C)C1C(C)(C)C2(C)C.CC1=C(C)C2C(C)=C(C)C1C(C)=C2C.CC1=C(C)C2C(C)=C(C)C1C(C)=C2C.CC1=C(C)C2C(C)=C(C)C1C(C)=C2C.CC1=C(C)C2C(CC3=C(C)C4C(C)=C(C)C3C(C)(C)C4(C)C)=C(C)C1C(C)(C)C2(C)C. The van der Waals surface area contributed by atoms with E-state index in [1.807, 2.05) is 0 Å². The van der Waals surface area contributed by atoms with Crippen LogP contribution in [-0.2, 0) is 0 Å². The first-order valence-electron chi connectivity index (χ1n) is 48.6. The van der Waals surface area contributed by atoms with Gasteiger partial charge < -0.3 is 0 Å². The fourth-order valence-corrected chi connectivity index (χ4v) is 32.6. The van der Waals surface area contributed by atoms with Crippen LogP contribution < -0.4 is 0 Å². The van der Waals surface area contributed by atoms with E-state index in [1.54, 1.807) is 212 Å². The molecular weight excluding hydrogens is 1450 g/mol. The van der Waals surface area contributed by atoms with Gasteiger partial charge in [0.05, 0.1) is 0 Å². The quantitative estimate of drug-likeness (QED) is 0.242. The van der Waals surface area contributed by atoms with Crippen LogP contribution in [0.3, 0.4) is 0 Å². The minimum absolute atomic E-state index is 0.286. The lowest BCUT2D eigenvalue weighted by Crippen LogP contribution is -2.55. The summed E-state index contributed by atoms with van der Waals surface area (Å²) in [6, 6.07) is 0. The summed E-state index contributed by atoms with van der Waals surface area (Å²) in [4.78, 5) is 0. The minimum atomic E-state index is 0.286. The Morgan fingerprint density at radius 1 is 0.107 bits per heavy atom. The van der Waals surface area contributed by atoms with Crippen LogP contribution in [0.1, 0.15) is 394 Å². The van der Waals surface area contributed by atoms with Crippen LogP contribution in [0.2, 0.25) is 0 Å². The van der Waals surface area contributed by atoms with E-state index in [1.165, 1.54) is 6.42 Å². The van der Waals surface area contributed by atoms with Crippen LogP contribution in [0.4, 0.5) is 0 Å². The third kappa shape index (κ3) is 13.3. The fraction of sp³-hybridized carbons (Fsp3) is 0.686. The molecule has 4 unspecified atom stereocenters. The zero-order valence-corrected chi connectivity index (χ0v) is 89.9. The Labute approximate surface area is 749 Å². The standard InChI is InChI=1S/C31H48.3C16H26.3C14H20/c1-16-18(3)26-22(20(5)24(16)28(7,8)30(26,11)12)15-23-21(6)25-17(2)19(4)27(23)31(13,14)29(25,9)10;3*1-9-10(2)14-12(4)11(3)13(9)15(5,6)16(14,7)8;3*1-7-8(2)14-11(5)9(3)13(7)10(4)12(14)6/h24-27H,15H2,1-14H3;3*13-14H,1-8H3;3*13-14H,1-6H3. The number of allylic oxidation sites excluding steroid dienone is 38. The van der Waals surface area contributed by atoms with Gasteiger partial charge in [-0.05, 0) is 310 Å². The largest absolute Gasteiger partial charge is 0.0661 e. The molecule has 0 nitrogen and oxygen atoms in total. The molecule has 0 aliphatic heterocycles. The summed E-state index contributed by atoms with van der Waals surface area (Å²) in [7, 11) is 0. The van der Waals surface area contributed by atoms with Crippen molar-refractivity contribution in [3.63, 3.8) is 0 Å². The molecular formula is C121H186. The zero-order valence-electron chi connectivity index (χ0n) is 89.9. The van der Waals surface area contributed by atoms with E-state index in [0.717, 1.165) is 0 Å². The lowest BCUT2D eigenvalue weighted by molar-refractivity contribution is -0.00179. The van der Waals surface area contributed by atoms with Crippen molar-refractivity contribution in [1.29, 1.82) is 0 Å². The average Bonchev–Trinajstić information content (AvgIpc) is 0.673. The Bertz CT molecular complexity index is 4150. The van der Waals surface area contributed by atoms with Crippen LogP contribution in [-0.4, -0.2) is 0 Å². The van der Waals surface area contributed by atoms with Gasteiger partial charge >= 0.3 is 0 Å². The first-order chi connectivity index (χ1) is 54.7. The van der Waals surface area contributed by atoms with Gasteiger partial charge in [0.1, 0.15) is 0 Å². The normalized spacial score (nSPS) is 35.0. The third-order valence-electron chi connectivity index (χ3n) is 43.8. The highest BCUT2D eigenvalue weighted by atomic mass is 14.7. The van der Waals surface area contributed by atoms with Crippen molar-refractivity contribution >= 4 is 0 Å². The van der Waals surface area contributed by atoms with Gasteiger partial charge in [-0.15, -0.1) is 0 Å². The van der Waals surface area contributed by atoms with Crippen molar-refractivity contribution in [1.82, 2.24) is 0 Å². The molecule has 0 radical (unpaired) electrons. The molecule has 24 aliphatic rings. The van der Waals surface area contributed by atoms with Gasteiger partial charge in [0.15, 0.2) is 0 Å². The van der Waals surface area contributed by atoms with Gasteiger partial charge in [-0.2, -0.15) is 0 Å². The van der Waals surface area contributed by atoms with Crippen molar-refractivity contribution in [3.8, 4) is 0 Å². The molecule has 4 atom stereocenters. The van der Waals surface area contributed by atoms with Crippen LogP contribution in [0.25, 0.3) is 0 Å². The number of hydrogen-bond acceptors (Lipinski definition) is 0. The van der Waals surface area contributed by atoms with Gasteiger partial charge in [-0.25, -0.2) is 0 Å². The molecule has 0 fully saturated rings. The molecule has 24 aliphatic carbocycles. The molecule has 0 heteroatoms. The van der Waals surface area contributed by atoms with E-state index in [0.29, 0.717) is 138 Å². The van der Waals surface area contributed by atoms with Crippen molar-refractivity contribution in [2.45, 2.75) is 394 Å². The fourth-order valence-electron chi connectivity index (χ4n) is 32.6. The van der Waals surface area contributed by atoms with Crippen molar-refractivity contribution in [2.75, 3.05) is 0 Å². The molecule has 0 amide bonds. The maximum atomic E-state index is 2.55. The van der Waals surface area contributed by atoms with E-state index in [2.05, 4.69) is 388 Å². The predicted molar refractivity (Wildman–Crippen MR) is 536 cm³/mol. The molecule has 670 valence electrons. The van der Waals surface area contributed by atoms with Crippen LogP contribution >= 0.6 is 0 Å². The summed E-state index contributed by atoms with van der Waals surface area (Å²) in [5.74, 6) is 10.0. The predicted octanol–water partition coefficient (Wildman–Crippen LogP) is 37.0. The second kappa shape index (κ2) is 31.5. The highest BCUT2D eigenvalue weighted by Crippen LogP contribution is 2.73. The van der Waals surface area contributed by atoms with Crippen molar-refractivity contribution in [2.24, 2.45) is 149 Å². The Balaban J connectivity index is 0.000000152. The minimum Gasteiger partial charge on any atom is -0.0661 e. The van der Waals surface area contributed by atoms with Gasteiger partial charge in [-0.1, -0.05) is 350 Å². The lowest BCUT2D eigenvalue weighted by atomic mass is 9.40. The summed E-state index contributed by atoms with van der Waals surface area (Å²) in [6.45, 7) is 134. The first-order valence-corrected chi connectivity index (χ1v) is 48.6. The molecule has 0 spiro atoms. The maximum absolute atomic E-state index is 2.55. The van der Waals surface area contributed by atoms with Gasteiger partial charge in [0.2, 0.25) is 0 Å². The van der Waals surface area contributed by atoms with E-state index in [9.17, 15) is 0 Å².